The van der Waals surface area contributed by atoms with Crippen LogP contribution in [0.3, 0.4) is 0 Å². The van der Waals surface area contributed by atoms with Gasteiger partial charge < -0.3 is 14.9 Å². The second kappa shape index (κ2) is 7.43. The summed E-state index contributed by atoms with van der Waals surface area (Å²) >= 11 is 1.70. The summed E-state index contributed by atoms with van der Waals surface area (Å²) in [5, 5.41) is 8.94. The van der Waals surface area contributed by atoms with Gasteiger partial charge in [0.15, 0.2) is 0 Å². The van der Waals surface area contributed by atoms with Crippen LogP contribution in [-0.2, 0) is 4.79 Å². The number of urea groups is 1. The van der Waals surface area contributed by atoms with Crippen LogP contribution in [-0.4, -0.2) is 63.6 Å². The van der Waals surface area contributed by atoms with Crippen molar-refractivity contribution in [3.8, 4) is 0 Å². The summed E-state index contributed by atoms with van der Waals surface area (Å²) in [6, 6.07) is -0.221. The number of hydrogen-bond donors (Lipinski definition) is 1. The molecule has 6 heteroatoms. The zero-order chi connectivity index (χ0) is 14.4. The van der Waals surface area contributed by atoms with E-state index in [0.717, 1.165) is 5.75 Å². The summed E-state index contributed by atoms with van der Waals surface area (Å²) in [4.78, 5) is 26.8. The summed E-state index contributed by atoms with van der Waals surface area (Å²) in [6.45, 7) is 8.67. The number of rotatable bonds is 5. The lowest BCUT2D eigenvalue weighted by molar-refractivity contribution is -0.138. The van der Waals surface area contributed by atoms with E-state index in [1.807, 2.05) is 13.8 Å². The topological polar surface area (TPSA) is 60.9 Å². The molecule has 19 heavy (non-hydrogen) atoms. The van der Waals surface area contributed by atoms with Gasteiger partial charge in [-0.25, -0.2) is 4.79 Å². The van der Waals surface area contributed by atoms with E-state index in [0.29, 0.717) is 18.8 Å². The molecule has 1 aliphatic rings. The molecule has 1 saturated heterocycles. The smallest absolute Gasteiger partial charge is 0.320 e. The lowest BCUT2D eigenvalue weighted by Crippen LogP contribution is -2.54. The maximum atomic E-state index is 12.5. The van der Waals surface area contributed by atoms with Gasteiger partial charge in [-0.15, -0.1) is 6.58 Å². The zero-order valence-electron chi connectivity index (χ0n) is 11.5. The van der Waals surface area contributed by atoms with Crippen molar-refractivity contribution in [1.82, 2.24) is 9.80 Å². The SMILES string of the molecule is C=CCN(C(=O)N1CCSCC1CC(=O)O)C(C)C. The first-order valence-corrected chi connectivity index (χ1v) is 7.60. The van der Waals surface area contributed by atoms with E-state index in [1.54, 1.807) is 27.6 Å². The number of carbonyl (C=O) groups excluding carboxylic acids is 1. The van der Waals surface area contributed by atoms with Gasteiger partial charge in [0.2, 0.25) is 0 Å². The molecule has 0 spiro atoms. The van der Waals surface area contributed by atoms with E-state index in [4.69, 9.17) is 5.11 Å². The fourth-order valence-corrected chi connectivity index (χ4v) is 3.15. The van der Waals surface area contributed by atoms with Gasteiger partial charge in [0, 0.05) is 30.6 Å². The molecule has 0 aromatic heterocycles. The Morgan fingerprint density at radius 1 is 1.58 bits per heavy atom. The van der Waals surface area contributed by atoms with E-state index in [2.05, 4.69) is 6.58 Å². The third-order valence-corrected chi connectivity index (χ3v) is 4.17. The van der Waals surface area contributed by atoms with Gasteiger partial charge in [0.1, 0.15) is 0 Å². The summed E-state index contributed by atoms with van der Waals surface area (Å²) in [5.74, 6) is 0.699. The van der Waals surface area contributed by atoms with Crippen molar-refractivity contribution in [3.05, 3.63) is 12.7 Å². The van der Waals surface area contributed by atoms with Crippen molar-refractivity contribution in [2.45, 2.75) is 32.4 Å². The zero-order valence-corrected chi connectivity index (χ0v) is 12.4. The van der Waals surface area contributed by atoms with Crippen molar-refractivity contribution >= 4 is 23.8 Å². The number of thioether (sulfide) groups is 1. The highest BCUT2D eigenvalue weighted by Crippen LogP contribution is 2.21. The average Bonchev–Trinajstić information content (AvgIpc) is 2.34. The predicted octanol–water partition coefficient (Wildman–Crippen LogP) is 1.89. The molecule has 2 amide bonds. The van der Waals surface area contributed by atoms with Gasteiger partial charge in [-0.3, -0.25) is 4.79 Å². The quantitative estimate of drug-likeness (QED) is 0.784. The van der Waals surface area contributed by atoms with Crippen LogP contribution in [0.2, 0.25) is 0 Å². The number of carboxylic acid groups (broad SMARTS) is 1. The van der Waals surface area contributed by atoms with E-state index in [1.165, 1.54) is 0 Å². The normalized spacial score (nSPS) is 19.3. The van der Waals surface area contributed by atoms with Crippen LogP contribution in [0.25, 0.3) is 0 Å². The number of carbonyl (C=O) groups is 2. The highest BCUT2D eigenvalue weighted by Gasteiger charge is 2.32. The molecule has 1 N–H and O–H groups in total. The molecular formula is C13H22N2O3S. The third-order valence-electron chi connectivity index (χ3n) is 3.08. The fraction of sp³-hybridized carbons (Fsp3) is 0.692. The summed E-state index contributed by atoms with van der Waals surface area (Å²) in [6.07, 6.45) is 1.71. The molecule has 0 radical (unpaired) electrons. The van der Waals surface area contributed by atoms with E-state index in [-0.39, 0.29) is 24.5 Å². The fourth-order valence-electron chi connectivity index (χ4n) is 2.09. The molecule has 108 valence electrons. The minimum atomic E-state index is -0.856. The van der Waals surface area contributed by atoms with Gasteiger partial charge in [-0.05, 0) is 13.8 Å². The monoisotopic (exact) mass is 286 g/mol. The van der Waals surface area contributed by atoms with Crippen LogP contribution < -0.4 is 0 Å². The number of aliphatic carboxylic acids is 1. The minimum Gasteiger partial charge on any atom is -0.481 e. The van der Waals surface area contributed by atoms with E-state index in [9.17, 15) is 9.59 Å². The average molecular weight is 286 g/mol. The standard InChI is InChI=1S/C13H22N2O3S/c1-4-5-14(10(2)3)13(18)15-6-7-19-9-11(15)8-12(16)17/h4,10-11H,1,5-9H2,2-3H3,(H,16,17). The van der Waals surface area contributed by atoms with Crippen molar-refractivity contribution in [1.29, 1.82) is 0 Å². The summed E-state index contributed by atoms with van der Waals surface area (Å²) < 4.78 is 0. The number of hydrogen-bond acceptors (Lipinski definition) is 3. The summed E-state index contributed by atoms with van der Waals surface area (Å²) in [7, 11) is 0. The molecular weight excluding hydrogens is 264 g/mol. The van der Waals surface area contributed by atoms with Gasteiger partial charge in [-0.2, -0.15) is 11.8 Å². The van der Waals surface area contributed by atoms with Crippen molar-refractivity contribution in [2.24, 2.45) is 0 Å². The van der Waals surface area contributed by atoms with Gasteiger partial charge in [0.25, 0.3) is 0 Å². The van der Waals surface area contributed by atoms with Gasteiger partial charge >= 0.3 is 12.0 Å². The summed E-state index contributed by atoms with van der Waals surface area (Å²) in [5.41, 5.74) is 0. The molecule has 0 aromatic rings. The molecule has 1 heterocycles. The molecule has 1 atom stereocenters. The maximum Gasteiger partial charge on any atom is 0.320 e. The highest BCUT2D eigenvalue weighted by molar-refractivity contribution is 7.99. The van der Waals surface area contributed by atoms with Crippen LogP contribution in [0.1, 0.15) is 20.3 Å². The van der Waals surface area contributed by atoms with Crippen LogP contribution in [0, 0.1) is 0 Å². The Labute approximate surface area is 118 Å². The minimum absolute atomic E-state index is 0.0127. The highest BCUT2D eigenvalue weighted by atomic mass is 32.2. The van der Waals surface area contributed by atoms with Crippen LogP contribution in [0.15, 0.2) is 12.7 Å². The molecule has 1 fully saturated rings. The largest absolute Gasteiger partial charge is 0.481 e. The van der Waals surface area contributed by atoms with Crippen LogP contribution in [0.4, 0.5) is 4.79 Å². The van der Waals surface area contributed by atoms with Crippen molar-refractivity contribution in [3.63, 3.8) is 0 Å². The first kappa shape index (κ1) is 15.9. The molecule has 0 bridgehead atoms. The van der Waals surface area contributed by atoms with E-state index >= 15 is 0 Å². The second-order valence-corrected chi connectivity index (χ2v) is 5.99. The van der Waals surface area contributed by atoms with Crippen molar-refractivity contribution in [2.75, 3.05) is 24.6 Å². The first-order chi connectivity index (χ1) is 8.97. The second-order valence-electron chi connectivity index (χ2n) is 4.84. The Bertz CT molecular complexity index is 347. The lowest BCUT2D eigenvalue weighted by atomic mass is 10.2. The Balaban J connectivity index is 2.79. The molecule has 1 rings (SSSR count). The molecule has 1 aliphatic heterocycles. The molecule has 5 nitrogen and oxygen atoms in total. The van der Waals surface area contributed by atoms with E-state index < -0.39 is 5.97 Å². The molecule has 0 aliphatic carbocycles. The number of amides is 2. The third kappa shape index (κ3) is 4.45. The molecule has 1 unspecified atom stereocenters. The Hall–Kier alpha value is -1.17. The Kier molecular flexibility index (Phi) is 6.21. The first-order valence-electron chi connectivity index (χ1n) is 6.45. The van der Waals surface area contributed by atoms with Gasteiger partial charge in [-0.1, -0.05) is 6.08 Å². The van der Waals surface area contributed by atoms with Crippen LogP contribution in [0.5, 0.6) is 0 Å². The van der Waals surface area contributed by atoms with Crippen molar-refractivity contribution < 1.29 is 14.7 Å². The van der Waals surface area contributed by atoms with Gasteiger partial charge in [0.05, 0.1) is 12.5 Å². The number of carboxylic acids is 1. The maximum absolute atomic E-state index is 12.5. The van der Waals surface area contributed by atoms with Crippen LogP contribution >= 0.6 is 11.8 Å². The predicted molar refractivity (Wildman–Crippen MR) is 77.5 cm³/mol. The molecule has 0 saturated carbocycles. The molecule has 0 aromatic carbocycles. The number of nitrogens with zero attached hydrogens (tertiary/aromatic N) is 2. The lowest BCUT2D eigenvalue weighted by Gasteiger charge is -2.39. The Morgan fingerprint density at radius 2 is 2.26 bits per heavy atom. The Morgan fingerprint density at radius 3 is 2.79 bits per heavy atom.